The van der Waals surface area contributed by atoms with Gasteiger partial charge in [-0.3, -0.25) is 9.59 Å². The largest absolute Gasteiger partial charge is 0.486 e. The average Bonchev–Trinajstić information content (AvgIpc) is 3.18. The molecule has 1 heterocycles. The van der Waals surface area contributed by atoms with Gasteiger partial charge in [-0.2, -0.15) is 27.1 Å². The van der Waals surface area contributed by atoms with Gasteiger partial charge in [0.25, 0.3) is 11.8 Å². The number of halogens is 6. The van der Waals surface area contributed by atoms with E-state index in [1.54, 1.807) is 0 Å². The third-order valence-electron chi connectivity index (χ3n) is 4.38. The zero-order valence-electron chi connectivity index (χ0n) is 16.4. The fourth-order valence-corrected chi connectivity index (χ4v) is 2.78. The third-order valence-corrected chi connectivity index (χ3v) is 4.38. The van der Waals surface area contributed by atoms with Crippen LogP contribution >= 0.6 is 0 Å². The van der Waals surface area contributed by atoms with Crippen LogP contribution in [0.15, 0.2) is 48.5 Å². The van der Waals surface area contributed by atoms with Crippen molar-refractivity contribution in [2.45, 2.75) is 12.1 Å². The molecule has 0 bridgehead atoms. The SMILES string of the molecule is NC(=O)c1cc(C(N)=O)n(-c2cccc(-c3cc(F)ccc3OCC(F)(F)C(F)(F)F)c2)n1. The smallest absolute Gasteiger partial charge is 0.456 e. The van der Waals surface area contributed by atoms with Crippen LogP contribution in [0.2, 0.25) is 0 Å². The first kappa shape index (κ1) is 23.6. The van der Waals surface area contributed by atoms with Crippen molar-refractivity contribution in [3.05, 3.63) is 65.7 Å². The fraction of sp³-hybridized carbons (Fsp3) is 0.150. The number of alkyl halides is 5. The molecular formula is C20H14F6N4O3. The molecule has 3 rings (SSSR count). The Hall–Kier alpha value is -4.03. The number of hydrogen-bond donors (Lipinski definition) is 2. The van der Waals surface area contributed by atoms with E-state index in [9.17, 15) is 35.9 Å². The summed E-state index contributed by atoms with van der Waals surface area (Å²) in [6.07, 6.45) is -5.84. The molecule has 0 aliphatic carbocycles. The van der Waals surface area contributed by atoms with Crippen LogP contribution < -0.4 is 16.2 Å². The molecular weight excluding hydrogens is 458 g/mol. The van der Waals surface area contributed by atoms with E-state index in [4.69, 9.17) is 11.5 Å². The molecule has 174 valence electrons. The highest BCUT2D eigenvalue weighted by molar-refractivity contribution is 5.97. The van der Waals surface area contributed by atoms with Crippen LogP contribution in [-0.2, 0) is 0 Å². The highest BCUT2D eigenvalue weighted by Gasteiger charge is 2.58. The maximum absolute atomic E-state index is 13.9. The van der Waals surface area contributed by atoms with Crippen molar-refractivity contribution in [2.75, 3.05) is 6.61 Å². The van der Waals surface area contributed by atoms with Gasteiger partial charge in [0.05, 0.1) is 5.69 Å². The molecule has 0 fully saturated rings. The Kier molecular flexibility index (Phi) is 6.07. The molecule has 0 spiro atoms. The number of aromatic nitrogens is 2. The van der Waals surface area contributed by atoms with Gasteiger partial charge in [-0.25, -0.2) is 9.07 Å². The second-order valence-electron chi connectivity index (χ2n) is 6.74. The summed E-state index contributed by atoms with van der Waals surface area (Å²) >= 11 is 0. The molecule has 2 aromatic carbocycles. The van der Waals surface area contributed by atoms with E-state index in [2.05, 4.69) is 9.84 Å². The van der Waals surface area contributed by atoms with Gasteiger partial charge in [0.15, 0.2) is 12.3 Å². The summed E-state index contributed by atoms with van der Waals surface area (Å²) in [6, 6.07) is 9.15. The van der Waals surface area contributed by atoms with Crippen molar-refractivity contribution < 1.29 is 40.7 Å². The van der Waals surface area contributed by atoms with Crippen molar-refractivity contribution in [3.63, 3.8) is 0 Å². The summed E-state index contributed by atoms with van der Waals surface area (Å²) in [6.45, 7) is -2.03. The van der Waals surface area contributed by atoms with Gasteiger partial charge in [0, 0.05) is 11.6 Å². The van der Waals surface area contributed by atoms with E-state index in [-0.39, 0.29) is 28.2 Å². The Balaban J connectivity index is 2.05. The third kappa shape index (κ3) is 4.91. The number of amides is 2. The van der Waals surface area contributed by atoms with Crippen LogP contribution in [0.3, 0.4) is 0 Å². The normalized spacial score (nSPS) is 11.9. The quantitative estimate of drug-likeness (QED) is 0.513. The average molecular weight is 472 g/mol. The first-order chi connectivity index (χ1) is 15.3. The Bertz CT molecular complexity index is 1220. The maximum atomic E-state index is 13.9. The molecule has 0 radical (unpaired) electrons. The van der Waals surface area contributed by atoms with Crippen molar-refractivity contribution in [2.24, 2.45) is 11.5 Å². The summed E-state index contributed by atoms with van der Waals surface area (Å²) < 4.78 is 83.5. The summed E-state index contributed by atoms with van der Waals surface area (Å²) in [5.74, 6) is -8.32. The second-order valence-corrected chi connectivity index (χ2v) is 6.74. The molecule has 7 nitrogen and oxygen atoms in total. The summed E-state index contributed by atoms with van der Waals surface area (Å²) in [7, 11) is 0. The van der Waals surface area contributed by atoms with Gasteiger partial charge >= 0.3 is 12.1 Å². The van der Waals surface area contributed by atoms with Gasteiger partial charge < -0.3 is 16.2 Å². The molecule has 33 heavy (non-hydrogen) atoms. The Morgan fingerprint density at radius 3 is 2.27 bits per heavy atom. The van der Waals surface area contributed by atoms with Crippen molar-refractivity contribution in [3.8, 4) is 22.6 Å². The van der Waals surface area contributed by atoms with Crippen molar-refractivity contribution in [1.82, 2.24) is 9.78 Å². The Morgan fingerprint density at radius 2 is 1.67 bits per heavy atom. The molecule has 0 saturated heterocycles. The fourth-order valence-electron chi connectivity index (χ4n) is 2.78. The van der Waals surface area contributed by atoms with E-state index in [0.717, 1.165) is 28.9 Å². The first-order valence-electron chi connectivity index (χ1n) is 8.97. The van der Waals surface area contributed by atoms with Crippen LogP contribution in [0.5, 0.6) is 5.75 Å². The molecule has 0 aliphatic heterocycles. The summed E-state index contributed by atoms with van der Waals surface area (Å²) in [5, 5.41) is 3.88. The number of carbonyl (C=O) groups excluding carboxylic acids is 2. The number of benzene rings is 2. The molecule has 0 aliphatic rings. The lowest BCUT2D eigenvalue weighted by Crippen LogP contribution is -2.41. The van der Waals surface area contributed by atoms with E-state index in [1.807, 2.05) is 0 Å². The zero-order valence-corrected chi connectivity index (χ0v) is 16.4. The molecule has 3 aromatic rings. The second kappa shape index (κ2) is 8.48. The van der Waals surface area contributed by atoms with Crippen molar-refractivity contribution >= 4 is 11.8 Å². The molecule has 4 N–H and O–H groups in total. The number of nitrogens with two attached hydrogens (primary N) is 2. The number of hydrogen-bond acceptors (Lipinski definition) is 4. The minimum absolute atomic E-state index is 0.115. The topological polar surface area (TPSA) is 113 Å². The van der Waals surface area contributed by atoms with Gasteiger partial charge in [-0.15, -0.1) is 0 Å². The van der Waals surface area contributed by atoms with E-state index in [0.29, 0.717) is 0 Å². The Labute approximate surface area is 181 Å². The molecule has 1 aromatic heterocycles. The van der Waals surface area contributed by atoms with Crippen molar-refractivity contribution in [1.29, 1.82) is 0 Å². The lowest BCUT2D eigenvalue weighted by atomic mass is 10.0. The molecule has 2 amide bonds. The number of ether oxygens (including phenoxy) is 1. The monoisotopic (exact) mass is 472 g/mol. The predicted molar refractivity (Wildman–Crippen MR) is 102 cm³/mol. The van der Waals surface area contributed by atoms with Crippen LogP contribution in [0.4, 0.5) is 26.3 Å². The summed E-state index contributed by atoms with van der Waals surface area (Å²) in [4.78, 5) is 23.1. The Morgan fingerprint density at radius 1 is 0.970 bits per heavy atom. The minimum atomic E-state index is -5.84. The molecule has 0 unspecified atom stereocenters. The van der Waals surface area contributed by atoms with E-state index >= 15 is 0 Å². The van der Waals surface area contributed by atoms with Crippen LogP contribution in [0, 0.1) is 5.82 Å². The first-order valence-corrected chi connectivity index (χ1v) is 8.97. The number of nitrogens with zero attached hydrogens (tertiary/aromatic N) is 2. The number of carbonyl (C=O) groups is 2. The highest BCUT2D eigenvalue weighted by Crippen LogP contribution is 2.38. The lowest BCUT2D eigenvalue weighted by molar-refractivity contribution is -0.289. The number of primary amides is 2. The predicted octanol–water partition coefficient (Wildman–Crippen LogP) is 3.45. The van der Waals surface area contributed by atoms with Crippen LogP contribution in [0.25, 0.3) is 16.8 Å². The summed E-state index contributed by atoms with van der Waals surface area (Å²) in [5.41, 5.74) is 10.0. The zero-order chi connectivity index (χ0) is 24.6. The van der Waals surface area contributed by atoms with Crippen LogP contribution in [-0.4, -0.2) is 40.3 Å². The molecule has 0 saturated carbocycles. The molecule has 0 atom stereocenters. The van der Waals surface area contributed by atoms with Gasteiger partial charge in [-0.05, 0) is 35.9 Å². The lowest BCUT2D eigenvalue weighted by Gasteiger charge is -2.21. The number of rotatable bonds is 7. The van der Waals surface area contributed by atoms with Gasteiger partial charge in [-0.1, -0.05) is 12.1 Å². The van der Waals surface area contributed by atoms with E-state index in [1.165, 1.54) is 24.3 Å². The highest BCUT2D eigenvalue weighted by atomic mass is 19.4. The van der Waals surface area contributed by atoms with Gasteiger partial charge in [0.1, 0.15) is 17.3 Å². The molecule has 13 heteroatoms. The maximum Gasteiger partial charge on any atom is 0.456 e. The van der Waals surface area contributed by atoms with E-state index < -0.39 is 42.1 Å². The minimum Gasteiger partial charge on any atom is -0.486 e. The van der Waals surface area contributed by atoms with Crippen LogP contribution in [0.1, 0.15) is 21.0 Å². The van der Waals surface area contributed by atoms with Gasteiger partial charge in [0.2, 0.25) is 0 Å². The standard InChI is InChI=1S/C20H14F6N4O3/c21-11-4-5-16(33-9-19(22,23)20(24,25)26)13(7-11)10-2-1-3-12(6-10)30-15(18(28)32)8-14(29-30)17(27)31/h1-8H,9H2,(H2,27,31)(H2,28,32).